The standard InChI is InChI=1S/C27H30FN3O/c1-20(22-7-5-9-24-23(22)8-6-16-29-24)10-11-21(17-28)18-31-19-27(2)14-3-4-15-30-25(27)12-13-26(31)32/h4-11,15-16H,3,12-14,17-19H2,1-2H3/b20-10+,21-11+. The van der Waals surface area contributed by atoms with Gasteiger partial charge in [-0.1, -0.05) is 43.4 Å². The second-order valence-corrected chi connectivity index (χ2v) is 8.99. The maximum atomic E-state index is 14.0. The van der Waals surface area contributed by atoms with Crippen molar-refractivity contribution in [2.24, 2.45) is 10.4 Å². The molecule has 1 saturated heterocycles. The number of allylic oxidation sites excluding steroid dienone is 4. The van der Waals surface area contributed by atoms with E-state index in [0.717, 1.165) is 40.6 Å². The summed E-state index contributed by atoms with van der Waals surface area (Å²) in [4.78, 5) is 23.7. The van der Waals surface area contributed by atoms with Crippen LogP contribution in [0.2, 0.25) is 0 Å². The van der Waals surface area contributed by atoms with Crippen LogP contribution in [0.25, 0.3) is 16.5 Å². The Morgan fingerprint density at radius 2 is 2.09 bits per heavy atom. The van der Waals surface area contributed by atoms with Gasteiger partial charge in [0, 0.05) is 48.4 Å². The second kappa shape index (κ2) is 9.60. The summed E-state index contributed by atoms with van der Waals surface area (Å²) in [5.74, 6) is 0.0751. The number of rotatable bonds is 5. The third kappa shape index (κ3) is 4.72. The van der Waals surface area contributed by atoms with Gasteiger partial charge in [0.2, 0.25) is 5.91 Å². The number of likely N-dealkylation sites (tertiary alicyclic amines) is 1. The number of fused-ring (bicyclic) bond motifs is 2. The Morgan fingerprint density at radius 1 is 1.22 bits per heavy atom. The van der Waals surface area contributed by atoms with Crippen molar-refractivity contribution < 1.29 is 9.18 Å². The van der Waals surface area contributed by atoms with E-state index in [9.17, 15) is 9.18 Å². The molecule has 0 saturated carbocycles. The zero-order valence-corrected chi connectivity index (χ0v) is 18.9. The van der Waals surface area contributed by atoms with Crippen LogP contribution in [0.3, 0.4) is 0 Å². The number of hydrogen-bond acceptors (Lipinski definition) is 3. The number of amides is 1. The molecule has 0 radical (unpaired) electrons. The topological polar surface area (TPSA) is 45.6 Å². The number of pyridine rings is 1. The van der Waals surface area contributed by atoms with Crippen molar-refractivity contribution in [3.63, 3.8) is 0 Å². The molecule has 32 heavy (non-hydrogen) atoms. The fraction of sp³-hybridized carbons (Fsp3) is 0.370. The quantitative estimate of drug-likeness (QED) is 0.552. The molecule has 1 fully saturated rings. The summed E-state index contributed by atoms with van der Waals surface area (Å²) < 4.78 is 14.0. The zero-order valence-electron chi connectivity index (χ0n) is 18.9. The number of aliphatic imine (C=N–C) groups is 1. The van der Waals surface area contributed by atoms with E-state index < -0.39 is 6.67 Å². The third-order valence-corrected chi connectivity index (χ3v) is 6.57. The van der Waals surface area contributed by atoms with Gasteiger partial charge in [0.25, 0.3) is 0 Å². The summed E-state index contributed by atoms with van der Waals surface area (Å²) in [5, 5.41) is 1.07. The molecule has 1 unspecified atom stereocenters. The molecule has 1 aromatic carbocycles. The van der Waals surface area contributed by atoms with Crippen LogP contribution in [0.1, 0.15) is 45.1 Å². The number of halogens is 1. The molecule has 0 bridgehead atoms. The van der Waals surface area contributed by atoms with Gasteiger partial charge in [-0.15, -0.1) is 0 Å². The lowest BCUT2D eigenvalue weighted by atomic mass is 9.79. The van der Waals surface area contributed by atoms with Crippen molar-refractivity contribution in [1.29, 1.82) is 0 Å². The maximum Gasteiger partial charge on any atom is 0.223 e. The first-order valence-electron chi connectivity index (χ1n) is 11.3. The van der Waals surface area contributed by atoms with Gasteiger partial charge in [-0.25, -0.2) is 4.39 Å². The molecule has 1 amide bonds. The SMILES string of the molecule is C/C(=C\C=C(/CF)CN1CC2(C)CCC=CN=C2CCC1=O)c1cccc2ncccc12. The molecule has 3 heterocycles. The normalized spacial score (nSPS) is 22.4. The van der Waals surface area contributed by atoms with Crippen LogP contribution < -0.4 is 0 Å². The number of carbonyl (C=O) groups is 1. The first-order valence-corrected chi connectivity index (χ1v) is 11.3. The van der Waals surface area contributed by atoms with Gasteiger partial charge in [-0.2, -0.15) is 0 Å². The fourth-order valence-electron chi connectivity index (χ4n) is 4.66. The summed E-state index contributed by atoms with van der Waals surface area (Å²) >= 11 is 0. The minimum Gasteiger partial charge on any atom is -0.338 e. The van der Waals surface area contributed by atoms with E-state index in [1.165, 1.54) is 0 Å². The van der Waals surface area contributed by atoms with Crippen LogP contribution in [-0.2, 0) is 4.79 Å². The summed E-state index contributed by atoms with van der Waals surface area (Å²) in [6.45, 7) is 4.52. The molecule has 4 rings (SSSR count). The van der Waals surface area contributed by atoms with E-state index in [0.29, 0.717) is 31.5 Å². The molecular formula is C27H30FN3O. The number of aromatic nitrogens is 1. The summed E-state index contributed by atoms with van der Waals surface area (Å²) in [7, 11) is 0. The van der Waals surface area contributed by atoms with E-state index >= 15 is 0 Å². The van der Waals surface area contributed by atoms with E-state index in [1.807, 2.05) is 54.4 Å². The highest BCUT2D eigenvalue weighted by molar-refractivity contribution is 5.96. The monoisotopic (exact) mass is 431 g/mol. The van der Waals surface area contributed by atoms with Gasteiger partial charge in [-0.05, 0) is 55.0 Å². The predicted molar refractivity (Wildman–Crippen MR) is 129 cm³/mol. The molecule has 2 aliphatic heterocycles. The Morgan fingerprint density at radius 3 is 2.94 bits per heavy atom. The summed E-state index contributed by atoms with van der Waals surface area (Å²) in [5.41, 5.74) is 4.59. The Labute approximate surface area is 189 Å². The molecule has 0 aliphatic carbocycles. The van der Waals surface area contributed by atoms with Crippen LogP contribution in [0.5, 0.6) is 0 Å². The van der Waals surface area contributed by atoms with Gasteiger partial charge >= 0.3 is 0 Å². The number of hydrogen-bond donors (Lipinski definition) is 0. The van der Waals surface area contributed by atoms with Crippen LogP contribution in [0.4, 0.5) is 4.39 Å². The van der Waals surface area contributed by atoms with E-state index in [2.05, 4.69) is 29.0 Å². The van der Waals surface area contributed by atoms with Gasteiger partial charge in [0.1, 0.15) is 6.67 Å². The van der Waals surface area contributed by atoms with Gasteiger partial charge in [0.05, 0.1) is 5.52 Å². The van der Waals surface area contributed by atoms with Crippen LogP contribution in [0.15, 0.2) is 71.5 Å². The van der Waals surface area contributed by atoms with Crippen molar-refractivity contribution in [2.75, 3.05) is 19.8 Å². The minimum atomic E-state index is -0.579. The number of carbonyl (C=O) groups excluding carboxylic acids is 1. The Kier molecular flexibility index (Phi) is 6.63. The lowest BCUT2D eigenvalue weighted by Gasteiger charge is -2.33. The molecule has 1 aromatic heterocycles. The minimum absolute atomic E-state index is 0.0751. The van der Waals surface area contributed by atoms with Crippen molar-refractivity contribution in [3.8, 4) is 0 Å². The van der Waals surface area contributed by atoms with Gasteiger partial charge < -0.3 is 4.90 Å². The molecule has 4 nitrogen and oxygen atoms in total. The second-order valence-electron chi connectivity index (χ2n) is 8.99. The Hall–Kier alpha value is -3.08. The fourth-order valence-corrected chi connectivity index (χ4v) is 4.66. The summed E-state index contributed by atoms with van der Waals surface area (Å²) in [6.07, 6.45) is 12.5. The average Bonchev–Trinajstić information content (AvgIpc) is 3.05. The highest BCUT2D eigenvalue weighted by atomic mass is 19.1. The predicted octanol–water partition coefficient (Wildman–Crippen LogP) is 5.91. The zero-order chi connectivity index (χ0) is 22.6. The van der Waals surface area contributed by atoms with Crippen molar-refractivity contribution >= 4 is 28.1 Å². The van der Waals surface area contributed by atoms with Crippen LogP contribution in [-0.4, -0.2) is 41.3 Å². The van der Waals surface area contributed by atoms with E-state index in [-0.39, 0.29) is 11.3 Å². The smallest absolute Gasteiger partial charge is 0.223 e. The number of nitrogens with zero attached hydrogens (tertiary/aromatic N) is 3. The van der Waals surface area contributed by atoms with Gasteiger partial charge in [0.15, 0.2) is 0 Å². The molecule has 1 atom stereocenters. The lowest BCUT2D eigenvalue weighted by Crippen LogP contribution is -2.41. The molecule has 5 heteroatoms. The van der Waals surface area contributed by atoms with Crippen molar-refractivity contribution in [3.05, 3.63) is 72.1 Å². The molecule has 2 aromatic rings. The highest BCUT2D eigenvalue weighted by Crippen LogP contribution is 2.34. The van der Waals surface area contributed by atoms with Gasteiger partial charge in [-0.3, -0.25) is 14.8 Å². The lowest BCUT2D eigenvalue weighted by molar-refractivity contribution is -0.131. The molecular weight excluding hydrogens is 401 g/mol. The molecule has 0 N–H and O–H groups in total. The molecule has 166 valence electrons. The number of benzene rings is 1. The van der Waals surface area contributed by atoms with E-state index in [1.54, 1.807) is 6.20 Å². The van der Waals surface area contributed by atoms with E-state index in [4.69, 9.17) is 0 Å². The van der Waals surface area contributed by atoms with Crippen molar-refractivity contribution in [2.45, 2.75) is 39.5 Å². The Balaban J connectivity index is 1.56. The first kappa shape index (κ1) is 22.1. The first-order chi connectivity index (χ1) is 15.5. The Bertz CT molecular complexity index is 1130. The number of alkyl halides is 1. The molecule has 0 spiro atoms. The third-order valence-electron chi connectivity index (χ3n) is 6.57. The highest BCUT2D eigenvalue weighted by Gasteiger charge is 2.37. The molecule has 2 aliphatic rings. The maximum absolute atomic E-state index is 14.0. The summed E-state index contributed by atoms with van der Waals surface area (Å²) in [6, 6.07) is 10.00. The van der Waals surface area contributed by atoms with Crippen LogP contribution >= 0.6 is 0 Å². The largest absolute Gasteiger partial charge is 0.338 e. The van der Waals surface area contributed by atoms with Crippen LogP contribution in [0, 0.1) is 5.41 Å². The van der Waals surface area contributed by atoms with Crippen molar-refractivity contribution in [1.82, 2.24) is 9.88 Å². The average molecular weight is 432 g/mol.